The van der Waals surface area contributed by atoms with Gasteiger partial charge in [-0.1, -0.05) is 24.0 Å². The number of benzene rings is 2. The molecule has 0 unspecified atom stereocenters. The fraction of sp³-hybridized carbons (Fsp3) is 0.333. The molecule has 2 aliphatic rings. The Morgan fingerprint density at radius 1 is 1.00 bits per heavy atom. The highest BCUT2D eigenvalue weighted by atomic mass is 16.5. The normalized spacial score (nSPS) is 18.9. The molecule has 0 bridgehead atoms. The number of carbonyl (C=O) groups is 4. The zero-order chi connectivity index (χ0) is 24.9. The average molecular weight is 474 g/mol. The van der Waals surface area contributed by atoms with E-state index in [2.05, 4.69) is 22.5 Å². The number of rotatable bonds is 5. The Morgan fingerprint density at radius 3 is 2.23 bits per heavy atom. The van der Waals surface area contributed by atoms with Crippen molar-refractivity contribution in [1.29, 1.82) is 0 Å². The van der Waals surface area contributed by atoms with E-state index in [0.717, 1.165) is 36.3 Å². The highest BCUT2D eigenvalue weighted by molar-refractivity contribution is 6.21. The van der Waals surface area contributed by atoms with Gasteiger partial charge in [0.1, 0.15) is 0 Å². The molecule has 2 aromatic carbocycles. The van der Waals surface area contributed by atoms with E-state index >= 15 is 0 Å². The molecular formula is C27H27N3O5. The van der Waals surface area contributed by atoms with Crippen LogP contribution in [0.15, 0.2) is 42.5 Å². The van der Waals surface area contributed by atoms with E-state index in [1.54, 1.807) is 36.4 Å². The number of ether oxygens (including phenoxy) is 1. The number of nitrogens with one attached hydrogen (secondary N) is 2. The van der Waals surface area contributed by atoms with Gasteiger partial charge in [0, 0.05) is 30.3 Å². The largest absolute Gasteiger partial charge is 0.465 e. The summed E-state index contributed by atoms with van der Waals surface area (Å²) < 4.78 is 4.89. The summed E-state index contributed by atoms with van der Waals surface area (Å²) in [6.07, 6.45) is 3.60. The van der Waals surface area contributed by atoms with Crippen molar-refractivity contribution in [3.8, 4) is 11.8 Å². The van der Waals surface area contributed by atoms with Crippen LogP contribution >= 0.6 is 0 Å². The van der Waals surface area contributed by atoms with Crippen molar-refractivity contribution in [3.63, 3.8) is 0 Å². The van der Waals surface area contributed by atoms with Crippen molar-refractivity contribution >= 4 is 29.4 Å². The number of methoxy groups -OCH3 is 1. The van der Waals surface area contributed by atoms with E-state index < -0.39 is 5.97 Å². The molecule has 1 heterocycles. The molecule has 2 N–H and O–H groups in total. The predicted octanol–water partition coefficient (Wildman–Crippen LogP) is 2.98. The third-order valence-electron chi connectivity index (χ3n) is 6.27. The topological polar surface area (TPSA) is 105 Å². The highest BCUT2D eigenvalue weighted by Gasteiger charge is 2.34. The second kappa shape index (κ2) is 10.4. The van der Waals surface area contributed by atoms with Crippen LogP contribution in [0, 0.1) is 11.8 Å². The first kappa shape index (κ1) is 24.0. The molecule has 180 valence electrons. The summed E-state index contributed by atoms with van der Waals surface area (Å²) in [6.45, 7) is 1.45. The van der Waals surface area contributed by atoms with Gasteiger partial charge in [-0.05, 0) is 56.0 Å². The molecule has 1 aliphatic carbocycles. The van der Waals surface area contributed by atoms with Crippen LogP contribution in [0.4, 0.5) is 5.69 Å². The van der Waals surface area contributed by atoms with Gasteiger partial charge in [0.15, 0.2) is 0 Å². The quantitative estimate of drug-likeness (QED) is 0.393. The molecule has 3 amide bonds. The summed E-state index contributed by atoms with van der Waals surface area (Å²) >= 11 is 0. The second-order valence-electron chi connectivity index (χ2n) is 8.69. The standard InChI is InChI=1S/C27H27N3O5/c1-17(31)28-19-9-11-20(12-10-19)29-21-13-14-22(27(34)35-2)18(16-21)6-5-15-30-25(32)23-7-3-4-8-24(23)26(30)33/h3-4,7-8,13-14,16,19-20,29H,9-12,15H2,1-2H3,(H,28,31). The maximum Gasteiger partial charge on any atom is 0.339 e. The molecule has 0 spiro atoms. The maximum atomic E-state index is 12.6. The highest BCUT2D eigenvalue weighted by Crippen LogP contribution is 2.25. The fourth-order valence-electron chi connectivity index (χ4n) is 4.53. The van der Waals surface area contributed by atoms with Crippen molar-refractivity contribution in [2.75, 3.05) is 19.0 Å². The van der Waals surface area contributed by atoms with Crippen LogP contribution in [0.5, 0.6) is 0 Å². The SMILES string of the molecule is COC(=O)c1ccc(NC2CCC(NC(C)=O)CC2)cc1C#CCN1C(=O)c2ccccc2C1=O. The lowest BCUT2D eigenvalue weighted by atomic mass is 9.91. The Balaban J connectivity index is 1.47. The number of nitrogens with zero attached hydrogens (tertiary/aromatic N) is 1. The molecule has 4 rings (SSSR count). The third kappa shape index (κ3) is 5.35. The average Bonchev–Trinajstić information content (AvgIpc) is 3.09. The molecule has 1 saturated carbocycles. The third-order valence-corrected chi connectivity index (χ3v) is 6.27. The van der Waals surface area contributed by atoms with Crippen molar-refractivity contribution in [1.82, 2.24) is 10.2 Å². The first-order valence-corrected chi connectivity index (χ1v) is 11.6. The molecule has 8 heteroatoms. The van der Waals surface area contributed by atoms with Gasteiger partial charge < -0.3 is 15.4 Å². The first-order valence-electron chi connectivity index (χ1n) is 11.6. The molecule has 0 aromatic heterocycles. The number of hydrogen-bond acceptors (Lipinski definition) is 6. The number of carbonyl (C=O) groups excluding carboxylic acids is 4. The van der Waals surface area contributed by atoms with Crippen LogP contribution in [-0.4, -0.2) is 54.3 Å². The van der Waals surface area contributed by atoms with E-state index in [1.165, 1.54) is 14.0 Å². The van der Waals surface area contributed by atoms with Crippen molar-refractivity contribution < 1.29 is 23.9 Å². The lowest BCUT2D eigenvalue weighted by molar-refractivity contribution is -0.119. The summed E-state index contributed by atoms with van der Waals surface area (Å²) in [5.41, 5.74) is 2.31. The summed E-state index contributed by atoms with van der Waals surface area (Å²) in [7, 11) is 1.30. The van der Waals surface area contributed by atoms with E-state index in [1.807, 2.05) is 6.07 Å². The second-order valence-corrected chi connectivity index (χ2v) is 8.69. The van der Waals surface area contributed by atoms with E-state index in [9.17, 15) is 19.2 Å². The van der Waals surface area contributed by atoms with Crippen molar-refractivity contribution in [2.24, 2.45) is 0 Å². The molecule has 35 heavy (non-hydrogen) atoms. The van der Waals surface area contributed by atoms with Gasteiger partial charge in [-0.2, -0.15) is 0 Å². The number of fused-ring (bicyclic) bond motifs is 1. The Kier molecular flexibility index (Phi) is 7.16. The number of amides is 3. The zero-order valence-electron chi connectivity index (χ0n) is 19.7. The first-order chi connectivity index (χ1) is 16.9. The van der Waals surface area contributed by atoms with Crippen LogP contribution in [0.1, 0.15) is 69.2 Å². The Bertz CT molecular complexity index is 1200. The van der Waals surface area contributed by atoms with Gasteiger partial charge in [0.2, 0.25) is 5.91 Å². The van der Waals surface area contributed by atoms with Crippen molar-refractivity contribution in [3.05, 3.63) is 64.7 Å². The minimum Gasteiger partial charge on any atom is -0.465 e. The molecule has 0 radical (unpaired) electrons. The molecular weight excluding hydrogens is 446 g/mol. The van der Waals surface area contributed by atoms with E-state index in [-0.39, 0.29) is 36.3 Å². The van der Waals surface area contributed by atoms with Crippen LogP contribution in [0.3, 0.4) is 0 Å². The summed E-state index contributed by atoms with van der Waals surface area (Å²) in [4.78, 5) is 49.8. The van der Waals surface area contributed by atoms with Gasteiger partial charge >= 0.3 is 5.97 Å². The van der Waals surface area contributed by atoms with Crippen LogP contribution < -0.4 is 10.6 Å². The molecule has 0 saturated heterocycles. The summed E-state index contributed by atoms with van der Waals surface area (Å²) in [5, 5.41) is 6.46. The lowest BCUT2D eigenvalue weighted by Crippen LogP contribution is -2.39. The smallest absolute Gasteiger partial charge is 0.339 e. The van der Waals surface area contributed by atoms with E-state index in [0.29, 0.717) is 22.3 Å². The van der Waals surface area contributed by atoms with Crippen LogP contribution in [0.2, 0.25) is 0 Å². The Labute approximate surface area is 204 Å². The molecule has 0 atom stereocenters. The van der Waals surface area contributed by atoms with Gasteiger partial charge in [0.05, 0.1) is 30.3 Å². The summed E-state index contributed by atoms with van der Waals surface area (Å²) in [5.74, 6) is 4.54. The van der Waals surface area contributed by atoms with Gasteiger partial charge in [0.25, 0.3) is 11.8 Å². The van der Waals surface area contributed by atoms with E-state index in [4.69, 9.17) is 4.74 Å². The molecule has 1 aliphatic heterocycles. The van der Waals surface area contributed by atoms with Crippen LogP contribution in [0.25, 0.3) is 0 Å². The van der Waals surface area contributed by atoms with Crippen LogP contribution in [-0.2, 0) is 9.53 Å². The molecule has 2 aromatic rings. The molecule has 1 fully saturated rings. The summed E-state index contributed by atoms with van der Waals surface area (Å²) in [6, 6.07) is 12.4. The Hall–Kier alpha value is -4.12. The number of esters is 1. The predicted molar refractivity (Wildman–Crippen MR) is 130 cm³/mol. The number of hydrogen-bond donors (Lipinski definition) is 2. The van der Waals surface area contributed by atoms with Crippen molar-refractivity contribution in [2.45, 2.75) is 44.7 Å². The zero-order valence-corrected chi connectivity index (χ0v) is 19.7. The fourth-order valence-corrected chi connectivity index (χ4v) is 4.53. The monoisotopic (exact) mass is 473 g/mol. The number of imide groups is 1. The minimum absolute atomic E-state index is 0.00997. The molecule has 8 nitrogen and oxygen atoms in total. The maximum absolute atomic E-state index is 12.6. The van der Waals surface area contributed by atoms with Gasteiger partial charge in [-0.15, -0.1) is 0 Å². The van der Waals surface area contributed by atoms with Gasteiger partial charge in [-0.3, -0.25) is 19.3 Å². The lowest BCUT2D eigenvalue weighted by Gasteiger charge is -2.30. The minimum atomic E-state index is -0.516. The Morgan fingerprint density at radius 2 is 1.63 bits per heavy atom. The van der Waals surface area contributed by atoms with Gasteiger partial charge in [-0.25, -0.2) is 4.79 Å². The number of anilines is 1.